The highest BCUT2D eigenvalue weighted by Gasteiger charge is 2.21. The molecule has 0 bridgehead atoms. The second-order valence-corrected chi connectivity index (χ2v) is 7.01. The molecule has 1 aliphatic heterocycles. The fourth-order valence-corrected chi connectivity index (χ4v) is 3.35. The maximum Gasteiger partial charge on any atom is 0.227 e. The Balaban J connectivity index is 1.37. The first kappa shape index (κ1) is 18.2. The lowest BCUT2D eigenvalue weighted by Gasteiger charge is -2.36. The summed E-state index contributed by atoms with van der Waals surface area (Å²) in [6, 6.07) is 17.3. The minimum Gasteiger partial charge on any atom is -0.366 e. The van der Waals surface area contributed by atoms with Crippen molar-refractivity contribution in [2.75, 3.05) is 41.3 Å². The summed E-state index contributed by atoms with van der Waals surface area (Å²) in [5.74, 6) is 1.35. The zero-order chi connectivity index (χ0) is 19.3. The molecule has 0 amide bonds. The summed E-state index contributed by atoms with van der Waals surface area (Å²) in [6.45, 7) is 5.81. The Bertz CT molecular complexity index is 920. The number of para-hydroxylation sites is 1. The van der Waals surface area contributed by atoms with Gasteiger partial charge < -0.3 is 15.1 Å². The first-order valence-electron chi connectivity index (χ1n) is 9.56. The summed E-state index contributed by atoms with van der Waals surface area (Å²) in [5, 5.41) is 3.36. The summed E-state index contributed by atoms with van der Waals surface area (Å²) in [7, 11) is 0. The summed E-state index contributed by atoms with van der Waals surface area (Å²) in [4.78, 5) is 13.3. The number of rotatable bonds is 5. The van der Waals surface area contributed by atoms with Crippen LogP contribution >= 0.6 is 0 Å². The zero-order valence-electron chi connectivity index (χ0n) is 16.0. The fourth-order valence-electron chi connectivity index (χ4n) is 3.35. The number of nitrogens with zero attached hydrogens (tertiary/aromatic N) is 4. The number of hydrogen-bond acceptors (Lipinski definition) is 5. The Morgan fingerprint density at radius 2 is 1.64 bits per heavy atom. The molecule has 1 aromatic heterocycles. The van der Waals surface area contributed by atoms with Gasteiger partial charge in [-0.1, -0.05) is 42.0 Å². The smallest absolute Gasteiger partial charge is 0.227 e. The predicted molar refractivity (Wildman–Crippen MR) is 111 cm³/mol. The van der Waals surface area contributed by atoms with Gasteiger partial charge in [-0.15, -0.1) is 0 Å². The Morgan fingerprint density at radius 1 is 0.929 bits per heavy atom. The molecule has 5 nitrogen and oxygen atoms in total. The van der Waals surface area contributed by atoms with Crippen molar-refractivity contribution in [2.45, 2.75) is 13.5 Å². The summed E-state index contributed by atoms with van der Waals surface area (Å²) >= 11 is 0. The van der Waals surface area contributed by atoms with Crippen LogP contribution < -0.4 is 15.1 Å². The first-order valence-corrected chi connectivity index (χ1v) is 9.56. The molecule has 0 atom stereocenters. The third-order valence-electron chi connectivity index (χ3n) is 4.99. The van der Waals surface area contributed by atoms with Crippen molar-refractivity contribution in [1.29, 1.82) is 0 Å². The predicted octanol–water partition coefficient (Wildman–Crippen LogP) is 3.86. The molecule has 1 aliphatic rings. The van der Waals surface area contributed by atoms with Gasteiger partial charge >= 0.3 is 0 Å². The largest absolute Gasteiger partial charge is 0.366 e. The molecule has 0 unspecified atom stereocenters. The maximum absolute atomic E-state index is 14.0. The molecule has 0 aliphatic carbocycles. The lowest BCUT2D eigenvalue weighted by atomic mass is 10.1. The number of aromatic nitrogens is 2. The van der Waals surface area contributed by atoms with E-state index in [1.807, 2.05) is 18.2 Å². The molecule has 28 heavy (non-hydrogen) atoms. The van der Waals surface area contributed by atoms with Gasteiger partial charge in [0.2, 0.25) is 5.95 Å². The van der Waals surface area contributed by atoms with Crippen molar-refractivity contribution in [1.82, 2.24) is 9.97 Å². The Hall–Kier alpha value is -3.15. The van der Waals surface area contributed by atoms with Gasteiger partial charge in [0.1, 0.15) is 11.6 Å². The van der Waals surface area contributed by atoms with Crippen LogP contribution in [-0.2, 0) is 6.54 Å². The quantitative estimate of drug-likeness (QED) is 0.731. The summed E-state index contributed by atoms with van der Waals surface area (Å²) < 4.78 is 14.0. The van der Waals surface area contributed by atoms with Crippen LogP contribution in [0.15, 0.2) is 60.8 Å². The van der Waals surface area contributed by atoms with Crippen LogP contribution in [0.25, 0.3) is 0 Å². The van der Waals surface area contributed by atoms with Crippen LogP contribution in [0.3, 0.4) is 0 Å². The molecular formula is C22H24FN5. The molecule has 2 aromatic carbocycles. The monoisotopic (exact) mass is 377 g/mol. The molecule has 0 spiro atoms. The standard InChI is InChI=1S/C22H24FN5/c1-17-6-8-18(9-7-17)16-25-21-10-11-24-22(26-21)28-14-12-27(13-15-28)20-5-3-2-4-19(20)23/h2-11H,12-16H2,1H3,(H,24,25,26). The van der Waals surface area contributed by atoms with E-state index in [9.17, 15) is 4.39 Å². The van der Waals surface area contributed by atoms with E-state index in [-0.39, 0.29) is 5.82 Å². The van der Waals surface area contributed by atoms with Crippen molar-refractivity contribution in [3.05, 3.63) is 77.7 Å². The maximum atomic E-state index is 14.0. The second kappa shape index (κ2) is 8.25. The van der Waals surface area contributed by atoms with Gasteiger partial charge in [-0.25, -0.2) is 9.37 Å². The molecule has 1 N–H and O–H groups in total. The lowest BCUT2D eigenvalue weighted by molar-refractivity contribution is 0.594. The van der Waals surface area contributed by atoms with Crippen molar-refractivity contribution >= 4 is 17.5 Å². The number of hydrogen-bond donors (Lipinski definition) is 1. The SMILES string of the molecule is Cc1ccc(CNc2ccnc(N3CCN(c4ccccc4F)CC3)n2)cc1. The molecule has 0 saturated carbocycles. The topological polar surface area (TPSA) is 44.3 Å². The van der Waals surface area contributed by atoms with Crippen LogP contribution in [0, 0.1) is 12.7 Å². The number of benzene rings is 2. The number of nitrogens with one attached hydrogen (secondary N) is 1. The van der Waals surface area contributed by atoms with Gasteiger partial charge in [0.25, 0.3) is 0 Å². The van der Waals surface area contributed by atoms with Crippen molar-refractivity contribution in [3.8, 4) is 0 Å². The Kier molecular flexibility index (Phi) is 5.37. The Labute approximate surface area is 164 Å². The third kappa shape index (κ3) is 4.22. The van der Waals surface area contributed by atoms with Crippen LogP contribution in [0.4, 0.5) is 21.8 Å². The van der Waals surface area contributed by atoms with E-state index in [4.69, 9.17) is 0 Å². The third-order valence-corrected chi connectivity index (χ3v) is 4.99. The van der Waals surface area contributed by atoms with E-state index in [1.165, 1.54) is 17.2 Å². The van der Waals surface area contributed by atoms with Crippen molar-refractivity contribution < 1.29 is 4.39 Å². The van der Waals surface area contributed by atoms with Crippen molar-refractivity contribution in [3.63, 3.8) is 0 Å². The molecule has 0 radical (unpaired) electrons. The number of halogens is 1. The highest BCUT2D eigenvalue weighted by atomic mass is 19.1. The molecule has 144 valence electrons. The highest BCUT2D eigenvalue weighted by Crippen LogP contribution is 2.22. The average molecular weight is 377 g/mol. The van der Waals surface area contributed by atoms with Gasteiger partial charge in [0, 0.05) is 38.9 Å². The van der Waals surface area contributed by atoms with E-state index >= 15 is 0 Å². The van der Waals surface area contributed by atoms with Gasteiger partial charge in [-0.05, 0) is 30.7 Å². The first-order chi connectivity index (χ1) is 13.7. The molecule has 2 heterocycles. The second-order valence-electron chi connectivity index (χ2n) is 7.01. The van der Waals surface area contributed by atoms with Crippen LogP contribution in [-0.4, -0.2) is 36.1 Å². The van der Waals surface area contributed by atoms with Gasteiger partial charge in [-0.3, -0.25) is 0 Å². The van der Waals surface area contributed by atoms with Crippen LogP contribution in [0.2, 0.25) is 0 Å². The van der Waals surface area contributed by atoms with E-state index in [1.54, 1.807) is 12.3 Å². The zero-order valence-corrected chi connectivity index (χ0v) is 16.0. The van der Waals surface area contributed by atoms with E-state index in [0.717, 1.165) is 38.5 Å². The van der Waals surface area contributed by atoms with Crippen LogP contribution in [0.5, 0.6) is 0 Å². The van der Waals surface area contributed by atoms with Gasteiger partial charge in [0.05, 0.1) is 5.69 Å². The minimum absolute atomic E-state index is 0.172. The van der Waals surface area contributed by atoms with E-state index < -0.39 is 0 Å². The number of aryl methyl sites for hydroxylation is 1. The fraction of sp³-hybridized carbons (Fsp3) is 0.273. The van der Waals surface area contributed by atoms with Crippen LogP contribution in [0.1, 0.15) is 11.1 Å². The van der Waals surface area contributed by atoms with Gasteiger partial charge in [-0.2, -0.15) is 4.98 Å². The number of piperazine rings is 1. The molecule has 3 aromatic rings. The normalized spacial score (nSPS) is 14.2. The van der Waals surface area contributed by atoms with E-state index in [0.29, 0.717) is 11.6 Å². The van der Waals surface area contributed by atoms with Crippen molar-refractivity contribution in [2.24, 2.45) is 0 Å². The van der Waals surface area contributed by atoms with E-state index in [2.05, 4.69) is 56.3 Å². The average Bonchev–Trinajstić information content (AvgIpc) is 2.74. The molecule has 4 rings (SSSR count). The minimum atomic E-state index is -0.172. The summed E-state index contributed by atoms with van der Waals surface area (Å²) in [6.07, 6.45) is 1.78. The number of anilines is 3. The lowest BCUT2D eigenvalue weighted by Crippen LogP contribution is -2.47. The molecule has 1 saturated heterocycles. The summed E-state index contributed by atoms with van der Waals surface area (Å²) in [5.41, 5.74) is 3.13. The van der Waals surface area contributed by atoms with Gasteiger partial charge in [0.15, 0.2) is 0 Å². The Morgan fingerprint density at radius 3 is 2.39 bits per heavy atom. The molecule has 1 fully saturated rings. The molecule has 6 heteroatoms. The highest BCUT2D eigenvalue weighted by molar-refractivity contribution is 5.50. The molecular weight excluding hydrogens is 353 g/mol.